The largest absolute Gasteiger partial charge is 0.336 e. The second-order valence-corrected chi connectivity index (χ2v) is 5.30. The van der Waals surface area contributed by atoms with Gasteiger partial charge in [-0.2, -0.15) is 0 Å². The van der Waals surface area contributed by atoms with Gasteiger partial charge in [-0.25, -0.2) is 0 Å². The Morgan fingerprint density at radius 2 is 1.68 bits per heavy atom. The third kappa shape index (κ3) is 3.36. The summed E-state index contributed by atoms with van der Waals surface area (Å²) < 4.78 is 0. The van der Waals surface area contributed by atoms with Crippen LogP contribution >= 0.6 is 0 Å². The van der Waals surface area contributed by atoms with Crippen LogP contribution in [0.3, 0.4) is 0 Å². The van der Waals surface area contributed by atoms with Crippen molar-refractivity contribution in [3.63, 3.8) is 0 Å². The van der Waals surface area contributed by atoms with Crippen molar-refractivity contribution in [2.45, 2.75) is 6.04 Å². The maximum atomic E-state index is 11.1. The zero-order chi connectivity index (χ0) is 15.2. The fourth-order valence-corrected chi connectivity index (χ4v) is 2.61. The third-order valence-electron chi connectivity index (χ3n) is 3.84. The number of nitrogens with one attached hydrogen (secondary N) is 1. The maximum absolute atomic E-state index is 11.1. The summed E-state index contributed by atoms with van der Waals surface area (Å²) in [6.45, 7) is 2.41. The van der Waals surface area contributed by atoms with E-state index in [1.165, 1.54) is 0 Å². The maximum Gasteiger partial charge on any atom is 0.210 e. The molecule has 0 radical (unpaired) electrons. The van der Waals surface area contributed by atoms with Crippen molar-refractivity contribution in [2.75, 3.05) is 19.6 Å². The molecule has 1 aliphatic heterocycles. The summed E-state index contributed by atoms with van der Waals surface area (Å²) in [6.07, 6.45) is 0.939. The molecule has 1 aliphatic rings. The van der Waals surface area contributed by atoms with E-state index in [1.807, 2.05) is 47.4 Å². The minimum atomic E-state index is 0.113. The molecular weight excluding hydrogens is 272 g/mol. The van der Waals surface area contributed by atoms with Crippen LogP contribution in [-0.2, 0) is 4.79 Å². The molecule has 1 unspecified atom stereocenters. The molecule has 1 amide bonds. The summed E-state index contributed by atoms with van der Waals surface area (Å²) in [7, 11) is 0. The van der Waals surface area contributed by atoms with Crippen LogP contribution in [0.25, 0.3) is 0 Å². The van der Waals surface area contributed by atoms with Gasteiger partial charge in [0.05, 0.1) is 6.04 Å². The molecule has 1 saturated heterocycles. The summed E-state index contributed by atoms with van der Waals surface area (Å²) >= 11 is 0. The summed E-state index contributed by atoms with van der Waals surface area (Å²) in [5, 5.41) is 3.33. The Hall–Kier alpha value is -2.57. The SMILES string of the molecule is O=CN1CCNCC1c1ccc(C#Cc2ccccc2)cc1. The van der Waals surface area contributed by atoms with Crippen molar-refractivity contribution in [3.05, 3.63) is 71.3 Å². The van der Waals surface area contributed by atoms with Gasteiger partial charge in [-0.1, -0.05) is 42.2 Å². The average Bonchev–Trinajstić information content (AvgIpc) is 2.61. The number of benzene rings is 2. The van der Waals surface area contributed by atoms with Gasteiger partial charge in [0.25, 0.3) is 0 Å². The molecule has 0 bridgehead atoms. The second kappa shape index (κ2) is 6.93. The van der Waals surface area contributed by atoms with Crippen LogP contribution in [0.15, 0.2) is 54.6 Å². The van der Waals surface area contributed by atoms with E-state index in [2.05, 4.69) is 29.3 Å². The molecule has 0 saturated carbocycles. The molecule has 0 aromatic heterocycles. The predicted molar refractivity (Wildman–Crippen MR) is 87.2 cm³/mol. The number of hydrogen-bond donors (Lipinski definition) is 1. The lowest BCUT2D eigenvalue weighted by atomic mass is 10.0. The van der Waals surface area contributed by atoms with E-state index in [1.54, 1.807) is 0 Å². The first-order valence-electron chi connectivity index (χ1n) is 7.45. The number of carbonyl (C=O) groups excluding carboxylic acids is 1. The topological polar surface area (TPSA) is 32.3 Å². The molecule has 3 rings (SSSR count). The van der Waals surface area contributed by atoms with Gasteiger partial charge in [0, 0.05) is 30.8 Å². The van der Waals surface area contributed by atoms with Crippen LogP contribution in [0, 0.1) is 11.8 Å². The lowest BCUT2D eigenvalue weighted by molar-refractivity contribution is -0.121. The standard InChI is InChI=1S/C19H18N2O/c22-15-21-13-12-20-14-19(21)18-10-8-17(9-11-18)7-6-16-4-2-1-3-5-16/h1-5,8-11,15,19-20H,12-14H2. The normalized spacial score (nSPS) is 17.5. The highest BCUT2D eigenvalue weighted by Gasteiger charge is 2.21. The van der Waals surface area contributed by atoms with Crippen LogP contribution in [-0.4, -0.2) is 30.9 Å². The molecule has 1 N–H and O–H groups in total. The van der Waals surface area contributed by atoms with E-state index in [-0.39, 0.29) is 6.04 Å². The highest BCUT2D eigenvalue weighted by Crippen LogP contribution is 2.21. The smallest absolute Gasteiger partial charge is 0.210 e. The number of nitrogens with zero attached hydrogens (tertiary/aromatic N) is 1. The lowest BCUT2D eigenvalue weighted by Gasteiger charge is -2.33. The molecule has 0 spiro atoms. The first-order chi connectivity index (χ1) is 10.9. The summed E-state index contributed by atoms with van der Waals surface area (Å²) in [4.78, 5) is 13.0. The molecule has 2 aromatic rings. The van der Waals surface area contributed by atoms with Crippen LogP contribution in [0.2, 0.25) is 0 Å². The first kappa shape index (κ1) is 14.4. The summed E-state index contributed by atoms with van der Waals surface area (Å²) in [5.74, 6) is 6.32. The molecule has 22 heavy (non-hydrogen) atoms. The van der Waals surface area contributed by atoms with Crippen LogP contribution < -0.4 is 5.32 Å². The van der Waals surface area contributed by atoms with Gasteiger partial charge >= 0.3 is 0 Å². The van der Waals surface area contributed by atoms with E-state index in [9.17, 15) is 4.79 Å². The monoisotopic (exact) mass is 290 g/mol. The van der Waals surface area contributed by atoms with Crippen LogP contribution in [0.1, 0.15) is 22.7 Å². The third-order valence-corrected chi connectivity index (χ3v) is 3.84. The van der Waals surface area contributed by atoms with E-state index in [4.69, 9.17) is 0 Å². The Bertz CT molecular complexity index is 683. The van der Waals surface area contributed by atoms with Crippen molar-refractivity contribution in [1.29, 1.82) is 0 Å². The summed E-state index contributed by atoms with van der Waals surface area (Å²) in [6, 6.07) is 18.2. The number of piperazine rings is 1. The number of hydrogen-bond acceptors (Lipinski definition) is 2. The number of carbonyl (C=O) groups is 1. The Kier molecular flexibility index (Phi) is 4.53. The quantitative estimate of drug-likeness (QED) is 0.679. The van der Waals surface area contributed by atoms with E-state index in [0.29, 0.717) is 0 Å². The van der Waals surface area contributed by atoms with Crippen LogP contribution in [0.4, 0.5) is 0 Å². The zero-order valence-electron chi connectivity index (χ0n) is 12.3. The molecule has 2 aromatic carbocycles. The molecule has 110 valence electrons. The lowest BCUT2D eigenvalue weighted by Crippen LogP contribution is -2.45. The molecular formula is C19H18N2O. The van der Waals surface area contributed by atoms with Gasteiger partial charge in [0.15, 0.2) is 0 Å². The minimum absolute atomic E-state index is 0.113. The van der Waals surface area contributed by atoms with Crippen molar-refractivity contribution in [1.82, 2.24) is 10.2 Å². The molecule has 1 fully saturated rings. The van der Waals surface area contributed by atoms with E-state index in [0.717, 1.165) is 42.7 Å². The van der Waals surface area contributed by atoms with E-state index >= 15 is 0 Å². The Morgan fingerprint density at radius 3 is 2.36 bits per heavy atom. The van der Waals surface area contributed by atoms with Gasteiger partial charge in [0.1, 0.15) is 0 Å². The molecule has 3 nitrogen and oxygen atoms in total. The number of amides is 1. The minimum Gasteiger partial charge on any atom is -0.336 e. The molecule has 1 atom stereocenters. The van der Waals surface area contributed by atoms with Gasteiger partial charge in [-0.05, 0) is 29.8 Å². The Labute approximate surface area is 131 Å². The summed E-state index contributed by atoms with van der Waals surface area (Å²) in [5.41, 5.74) is 3.13. The highest BCUT2D eigenvalue weighted by atomic mass is 16.1. The predicted octanol–water partition coefficient (Wildman–Crippen LogP) is 2.19. The average molecular weight is 290 g/mol. The molecule has 0 aliphatic carbocycles. The van der Waals surface area contributed by atoms with Gasteiger partial charge in [-0.3, -0.25) is 4.79 Å². The van der Waals surface area contributed by atoms with Crippen molar-refractivity contribution in [2.24, 2.45) is 0 Å². The van der Waals surface area contributed by atoms with E-state index < -0.39 is 0 Å². The van der Waals surface area contributed by atoms with Gasteiger partial charge in [0.2, 0.25) is 6.41 Å². The van der Waals surface area contributed by atoms with Crippen LogP contribution in [0.5, 0.6) is 0 Å². The highest BCUT2D eigenvalue weighted by molar-refractivity contribution is 5.50. The number of rotatable bonds is 2. The fourth-order valence-electron chi connectivity index (χ4n) is 2.61. The van der Waals surface area contributed by atoms with Crippen molar-refractivity contribution < 1.29 is 4.79 Å². The zero-order valence-corrected chi connectivity index (χ0v) is 12.3. The van der Waals surface area contributed by atoms with Crippen molar-refractivity contribution >= 4 is 6.41 Å². The fraction of sp³-hybridized carbons (Fsp3) is 0.211. The van der Waals surface area contributed by atoms with Crippen molar-refractivity contribution in [3.8, 4) is 11.8 Å². The first-order valence-corrected chi connectivity index (χ1v) is 7.45. The molecule has 1 heterocycles. The Morgan fingerprint density at radius 1 is 1.00 bits per heavy atom. The second-order valence-electron chi connectivity index (χ2n) is 5.30. The Balaban J connectivity index is 1.75. The molecule has 3 heteroatoms. The van der Waals surface area contributed by atoms with Gasteiger partial charge in [-0.15, -0.1) is 0 Å². The van der Waals surface area contributed by atoms with Gasteiger partial charge < -0.3 is 10.2 Å².